The normalized spacial score (nSPS) is 15.3. The lowest BCUT2D eigenvalue weighted by Crippen LogP contribution is -2.18. The zero-order valence-corrected chi connectivity index (χ0v) is 10.7. The Morgan fingerprint density at radius 3 is 2.61 bits per heavy atom. The van der Waals surface area contributed by atoms with E-state index in [1.807, 2.05) is 13.8 Å². The van der Waals surface area contributed by atoms with Gasteiger partial charge in [0.05, 0.1) is 0 Å². The van der Waals surface area contributed by atoms with Crippen LogP contribution in [0.3, 0.4) is 0 Å². The minimum absolute atomic E-state index is 0.00616. The molecule has 1 aliphatic carbocycles. The van der Waals surface area contributed by atoms with Crippen molar-refractivity contribution in [3.8, 4) is 0 Å². The summed E-state index contributed by atoms with van der Waals surface area (Å²) in [5.74, 6) is -1.55. The van der Waals surface area contributed by atoms with Gasteiger partial charge in [-0.2, -0.15) is 0 Å². The molecule has 0 bridgehead atoms. The van der Waals surface area contributed by atoms with Crippen LogP contribution in [0.5, 0.6) is 0 Å². The SMILES string of the molecule is CCC1=C(F)c2ncc(C(C)C)c(F)c2CC1=O. The third-order valence-electron chi connectivity index (χ3n) is 3.26. The van der Waals surface area contributed by atoms with E-state index in [1.54, 1.807) is 6.92 Å². The van der Waals surface area contributed by atoms with Crippen molar-refractivity contribution < 1.29 is 13.6 Å². The van der Waals surface area contributed by atoms with E-state index in [9.17, 15) is 13.6 Å². The number of rotatable bonds is 2. The number of nitrogens with zero attached hydrogens (tertiary/aromatic N) is 1. The molecule has 1 aromatic rings. The Morgan fingerprint density at radius 2 is 2.06 bits per heavy atom. The molecule has 0 spiro atoms. The van der Waals surface area contributed by atoms with Gasteiger partial charge in [0, 0.05) is 29.3 Å². The molecule has 1 heterocycles. The summed E-state index contributed by atoms with van der Waals surface area (Å²) in [6.07, 6.45) is 1.58. The van der Waals surface area contributed by atoms with Crippen molar-refractivity contribution >= 4 is 11.6 Å². The maximum atomic E-state index is 14.2. The van der Waals surface area contributed by atoms with E-state index in [2.05, 4.69) is 4.98 Å². The molecule has 4 heteroatoms. The second-order valence-electron chi connectivity index (χ2n) is 4.76. The van der Waals surface area contributed by atoms with Gasteiger partial charge in [-0.05, 0) is 12.3 Å². The number of Topliss-reactive ketones (excluding diaryl/α,β-unsaturated/α-hetero) is 1. The average Bonchev–Trinajstić information content (AvgIpc) is 2.30. The topological polar surface area (TPSA) is 30.0 Å². The number of allylic oxidation sites excluding steroid dienone is 1. The molecule has 0 aliphatic heterocycles. The fourth-order valence-electron chi connectivity index (χ4n) is 2.18. The van der Waals surface area contributed by atoms with Crippen LogP contribution in [0.1, 0.15) is 49.9 Å². The van der Waals surface area contributed by atoms with Gasteiger partial charge in [-0.1, -0.05) is 20.8 Å². The molecule has 0 saturated carbocycles. The van der Waals surface area contributed by atoms with Gasteiger partial charge >= 0.3 is 0 Å². The summed E-state index contributed by atoms with van der Waals surface area (Å²) >= 11 is 0. The van der Waals surface area contributed by atoms with Gasteiger partial charge in [0.25, 0.3) is 0 Å². The number of aromatic nitrogens is 1. The Morgan fingerprint density at radius 1 is 1.39 bits per heavy atom. The highest BCUT2D eigenvalue weighted by Gasteiger charge is 2.29. The van der Waals surface area contributed by atoms with Crippen molar-refractivity contribution in [2.45, 2.75) is 39.5 Å². The van der Waals surface area contributed by atoms with Crippen LogP contribution < -0.4 is 0 Å². The first-order valence-corrected chi connectivity index (χ1v) is 6.06. The molecule has 1 aromatic heterocycles. The lowest BCUT2D eigenvalue weighted by Gasteiger charge is -2.19. The highest BCUT2D eigenvalue weighted by Crippen LogP contribution is 2.34. The minimum Gasteiger partial charge on any atom is -0.294 e. The van der Waals surface area contributed by atoms with Crippen molar-refractivity contribution in [3.05, 3.63) is 34.4 Å². The van der Waals surface area contributed by atoms with Crippen molar-refractivity contribution in [1.29, 1.82) is 0 Å². The van der Waals surface area contributed by atoms with Crippen molar-refractivity contribution in [3.63, 3.8) is 0 Å². The van der Waals surface area contributed by atoms with E-state index in [0.29, 0.717) is 12.0 Å². The molecule has 0 N–H and O–H groups in total. The summed E-state index contributed by atoms with van der Waals surface area (Å²) in [7, 11) is 0. The second kappa shape index (κ2) is 4.59. The number of carbonyl (C=O) groups is 1. The van der Waals surface area contributed by atoms with Gasteiger partial charge < -0.3 is 0 Å². The fraction of sp³-hybridized carbons (Fsp3) is 0.429. The monoisotopic (exact) mass is 251 g/mol. The quantitative estimate of drug-likeness (QED) is 0.804. The minimum atomic E-state index is -0.669. The van der Waals surface area contributed by atoms with E-state index in [1.165, 1.54) is 6.20 Å². The summed E-state index contributed by atoms with van der Waals surface area (Å²) in [4.78, 5) is 15.7. The van der Waals surface area contributed by atoms with Crippen molar-refractivity contribution in [2.24, 2.45) is 0 Å². The molecule has 0 atom stereocenters. The Hall–Kier alpha value is -1.58. The van der Waals surface area contributed by atoms with Crippen LogP contribution in [0, 0.1) is 5.82 Å². The number of halogens is 2. The van der Waals surface area contributed by atoms with E-state index >= 15 is 0 Å². The van der Waals surface area contributed by atoms with E-state index in [-0.39, 0.29) is 35.0 Å². The summed E-state index contributed by atoms with van der Waals surface area (Å²) in [5, 5.41) is 0. The van der Waals surface area contributed by atoms with Crippen LogP contribution in [0.25, 0.3) is 5.83 Å². The first-order chi connectivity index (χ1) is 8.47. The number of fused-ring (bicyclic) bond motifs is 1. The lowest BCUT2D eigenvalue weighted by molar-refractivity contribution is -0.115. The fourth-order valence-corrected chi connectivity index (χ4v) is 2.18. The molecular weight excluding hydrogens is 236 g/mol. The lowest BCUT2D eigenvalue weighted by atomic mass is 9.89. The predicted molar refractivity (Wildman–Crippen MR) is 65.3 cm³/mol. The van der Waals surface area contributed by atoms with Crippen molar-refractivity contribution in [2.75, 3.05) is 0 Å². The number of hydrogen-bond acceptors (Lipinski definition) is 2. The Bertz CT molecular complexity index is 547. The highest BCUT2D eigenvalue weighted by atomic mass is 19.1. The van der Waals surface area contributed by atoms with Crippen LogP contribution in [-0.2, 0) is 11.2 Å². The molecule has 0 amide bonds. The molecule has 18 heavy (non-hydrogen) atoms. The maximum Gasteiger partial charge on any atom is 0.166 e. The van der Waals surface area contributed by atoms with E-state index in [0.717, 1.165) is 0 Å². The van der Waals surface area contributed by atoms with Gasteiger partial charge in [0.15, 0.2) is 11.6 Å². The summed E-state index contributed by atoms with van der Waals surface area (Å²) in [6, 6.07) is 0. The number of carbonyl (C=O) groups excluding carboxylic acids is 1. The van der Waals surface area contributed by atoms with Crippen LogP contribution in [0.4, 0.5) is 8.78 Å². The molecule has 0 saturated heterocycles. The molecular formula is C14H15F2NO. The van der Waals surface area contributed by atoms with Gasteiger partial charge in [-0.3, -0.25) is 9.78 Å². The molecule has 1 aliphatic rings. The molecule has 0 unspecified atom stereocenters. The molecule has 2 rings (SSSR count). The van der Waals surface area contributed by atoms with Gasteiger partial charge in [-0.25, -0.2) is 8.78 Å². The first-order valence-electron chi connectivity index (χ1n) is 6.06. The maximum absolute atomic E-state index is 14.2. The largest absolute Gasteiger partial charge is 0.294 e. The Kier molecular flexibility index (Phi) is 3.28. The number of ketones is 1. The summed E-state index contributed by atoms with van der Waals surface area (Å²) in [5.41, 5.74) is 0.634. The smallest absolute Gasteiger partial charge is 0.166 e. The van der Waals surface area contributed by atoms with E-state index in [4.69, 9.17) is 0 Å². The third-order valence-corrected chi connectivity index (χ3v) is 3.26. The van der Waals surface area contributed by atoms with E-state index < -0.39 is 11.6 Å². The predicted octanol–water partition coefficient (Wildman–Crippen LogP) is 3.56. The van der Waals surface area contributed by atoms with Crippen LogP contribution in [0.15, 0.2) is 11.8 Å². The third kappa shape index (κ3) is 1.85. The highest BCUT2D eigenvalue weighted by molar-refractivity contribution is 6.05. The zero-order valence-electron chi connectivity index (χ0n) is 10.7. The summed E-state index contributed by atoms with van der Waals surface area (Å²) < 4.78 is 28.2. The summed E-state index contributed by atoms with van der Waals surface area (Å²) in [6.45, 7) is 5.37. The van der Waals surface area contributed by atoms with Crippen LogP contribution in [-0.4, -0.2) is 10.8 Å². The molecule has 0 fully saturated rings. The molecule has 0 aromatic carbocycles. The average molecular weight is 251 g/mol. The zero-order chi connectivity index (χ0) is 13.4. The standard InChI is InChI=1S/C14H15F2NO/c1-4-8-11(18)5-9-12(15)10(7(2)3)6-17-14(9)13(8)16/h6-7H,4-5H2,1-3H3. The van der Waals surface area contributed by atoms with Gasteiger partial charge in [-0.15, -0.1) is 0 Å². The Balaban J connectivity index is 2.66. The molecule has 0 radical (unpaired) electrons. The van der Waals surface area contributed by atoms with Gasteiger partial charge in [0.1, 0.15) is 11.5 Å². The number of hydrogen-bond donors (Lipinski definition) is 0. The second-order valence-corrected chi connectivity index (χ2v) is 4.76. The Labute approximate surface area is 105 Å². The number of pyridine rings is 1. The van der Waals surface area contributed by atoms with Crippen LogP contribution in [0.2, 0.25) is 0 Å². The molecule has 96 valence electrons. The molecule has 2 nitrogen and oxygen atoms in total. The first kappa shape index (κ1) is 12.9. The van der Waals surface area contributed by atoms with Crippen LogP contribution >= 0.6 is 0 Å². The van der Waals surface area contributed by atoms with Gasteiger partial charge in [0.2, 0.25) is 0 Å². The van der Waals surface area contributed by atoms with Crippen molar-refractivity contribution in [1.82, 2.24) is 4.98 Å².